The summed E-state index contributed by atoms with van der Waals surface area (Å²) in [6, 6.07) is 0. The lowest BCUT2D eigenvalue weighted by Crippen LogP contribution is -2.45. The van der Waals surface area contributed by atoms with Gasteiger partial charge < -0.3 is 15.5 Å². The Morgan fingerprint density at radius 2 is 1.89 bits per heavy atom. The molecule has 0 saturated carbocycles. The second-order valence-corrected chi connectivity index (χ2v) is 6.76. The van der Waals surface area contributed by atoms with E-state index in [4.69, 9.17) is 0 Å². The zero-order chi connectivity index (χ0) is 14.7. The van der Waals surface area contributed by atoms with Gasteiger partial charge >= 0.3 is 0 Å². The first-order valence-corrected chi connectivity index (χ1v) is 8.43. The summed E-state index contributed by atoms with van der Waals surface area (Å²) in [5.74, 6) is 0.898. The van der Waals surface area contributed by atoms with E-state index in [2.05, 4.69) is 54.5 Å². The maximum Gasteiger partial charge on any atom is 0.191 e. The Kier molecular flexibility index (Phi) is 10.1. The Hall–Kier alpha value is -0.420. The zero-order valence-corrected chi connectivity index (χ0v) is 14.4. The third-order valence-corrected chi connectivity index (χ3v) is 4.41. The van der Waals surface area contributed by atoms with Crippen LogP contribution in [0.1, 0.15) is 34.1 Å². The molecule has 0 unspecified atom stereocenters. The third kappa shape index (κ3) is 9.16. The van der Waals surface area contributed by atoms with Crippen LogP contribution in [0.4, 0.5) is 0 Å². The van der Waals surface area contributed by atoms with E-state index >= 15 is 0 Å². The van der Waals surface area contributed by atoms with Crippen LogP contribution in [0, 0.1) is 0 Å². The summed E-state index contributed by atoms with van der Waals surface area (Å²) < 4.78 is 0.231. The minimum Gasteiger partial charge on any atom is -0.355 e. The monoisotopic (exact) mass is 288 g/mol. The molecule has 0 amide bonds. The molecule has 0 aliphatic carbocycles. The van der Waals surface area contributed by atoms with E-state index in [0.29, 0.717) is 0 Å². The number of nitrogens with zero attached hydrogens (tertiary/aromatic N) is 2. The summed E-state index contributed by atoms with van der Waals surface area (Å²) in [6.45, 7) is 14.1. The molecular weight excluding hydrogens is 256 g/mol. The maximum absolute atomic E-state index is 4.26. The van der Waals surface area contributed by atoms with Crippen LogP contribution < -0.4 is 10.6 Å². The van der Waals surface area contributed by atoms with E-state index in [1.165, 1.54) is 13.0 Å². The fourth-order valence-corrected chi connectivity index (χ4v) is 1.88. The first-order valence-electron chi connectivity index (χ1n) is 7.21. The van der Waals surface area contributed by atoms with Crippen LogP contribution in [0.15, 0.2) is 4.99 Å². The number of hydrogen-bond donors (Lipinski definition) is 2. The van der Waals surface area contributed by atoms with Crippen molar-refractivity contribution in [3.63, 3.8) is 0 Å². The first kappa shape index (κ1) is 18.6. The van der Waals surface area contributed by atoms with E-state index in [1.807, 2.05) is 18.8 Å². The summed E-state index contributed by atoms with van der Waals surface area (Å²) in [4.78, 5) is 6.71. The Labute approximate surface area is 123 Å². The molecule has 0 aromatic rings. The van der Waals surface area contributed by atoms with Gasteiger partial charge in [-0.15, -0.1) is 0 Å². The maximum atomic E-state index is 4.26. The SMILES string of the molecule is CCCN(CC)CCNC(=NC)NCC(C)(C)SC. The van der Waals surface area contributed by atoms with E-state index < -0.39 is 0 Å². The topological polar surface area (TPSA) is 39.7 Å². The summed E-state index contributed by atoms with van der Waals surface area (Å²) in [5, 5.41) is 6.76. The fourth-order valence-electron chi connectivity index (χ4n) is 1.67. The number of rotatable bonds is 9. The van der Waals surface area contributed by atoms with Gasteiger partial charge in [-0.25, -0.2) is 0 Å². The predicted molar refractivity (Wildman–Crippen MR) is 89.4 cm³/mol. The van der Waals surface area contributed by atoms with Gasteiger partial charge in [-0.2, -0.15) is 11.8 Å². The van der Waals surface area contributed by atoms with Crippen LogP contribution in [-0.4, -0.2) is 61.6 Å². The van der Waals surface area contributed by atoms with Crippen molar-refractivity contribution in [1.82, 2.24) is 15.5 Å². The van der Waals surface area contributed by atoms with Gasteiger partial charge in [0, 0.05) is 31.4 Å². The van der Waals surface area contributed by atoms with Gasteiger partial charge in [0.2, 0.25) is 0 Å². The van der Waals surface area contributed by atoms with Crippen LogP contribution in [0.3, 0.4) is 0 Å². The highest BCUT2D eigenvalue weighted by atomic mass is 32.2. The smallest absolute Gasteiger partial charge is 0.191 e. The molecular formula is C14H32N4S. The second kappa shape index (κ2) is 10.4. The molecule has 0 aliphatic heterocycles. The van der Waals surface area contributed by atoms with Crippen LogP contribution in [-0.2, 0) is 0 Å². The largest absolute Gasteiger partial charge is 0.355 e. The summed E-state index contributed by atoms with van der Waals surface area (Å²) in [6.07, 6.45) is 3.35. The number of aliphatic imine (C=N–C) groups is 1. The predicted octanol–water partition coefficient (Wildman–Crippen LogP) is 2.02. The molecule has 0 saturated heterocycles. The van der Waals surface area contributed by atoms with Crippen molar-refractivity contribution in [1.29, 1.82) is 0 Å². The molecule has 0 bridgehead atoms. The van der Waals surface area contributed by atoms with E-state index in [9.17, 15) is 0 Å². The van der Waals surface area contributed by atoms with Gasteiger partial charge in [0.15, 0.2) is 5.96 Å². The third-order valence-electron chi connectivity index (χ3n) is 3.17. The summed E-state index contributed by atoms with van der Waals surface area (Å²) in [7, 11) is 1.82. The fraction of sp³-hybridized carbons (Fsp3) is 0.929. The molecule has 0 fully saturated rings. The van der Waals surface area contributed by atoms with Crippen molar-refractivity contribution in [2.45, 2.75) is 38.9 Å². The molecule has 4 nitrogen and oxygen atoms in total. The molecule has 114 valence electrons. The molecule has 19 heavy (non-hydrogen) atoms. The number of likely N-dealkylation sites (N-methyl/N-ethyl adjacent to an activating group) is 1. The van der Waals surface area contributed by atoms with Gasteiger partial charge in [0.1, 0.15) is 0 Å². The van der Waals surface area contributed by atoms with Crippen molar-refractivity contribution in [3.8, 4) is 0 Å². The van der Waals surface area contributed by atoms with Crippen molar-refractivity contribution in [2.24, 2.45) is 4.99 Å². The Balaban J connectivity index is 3.95. The number of thioether (sulfide) groups is 1. The standard InChI is InChI=1S/C14H32N4S/c1-7-10-18(8-2)11-9-16-13(15-5)17-12-14(3,4)19-6/h7-12H2,1-6H3,(H2,15,16,17). The Morgan fingerprint density at radius 3 is 2.37 bits per heavy atom. The number of hydrogen-bond acceptors (Lipinski definition) is 3. The molecule has 2 N–H and O–H groups in total. The normalized spacial score (nSPS) is 12.9. The first-order chi connectivity index (χ1) is 8.99. The highest BCUT2D eigenvalue weighted by Crippen LogP contribution is 2.19. The molecule has 0 heterocycles. The zero-order valence-electron chi connectivity index (χ0n) is 13.5. The average Bonchev–Trinajstić information content (AvgIpc) is 2.41. The highest BCUT2D eigenvalue weighted by Gasteiger charge is 2.15. The van der Waals surface area contributed by atoms with E-state index in [0.717, 1.165) is 32.1 Å². The van der Waals surface area contributed by atoms with E-state index in [1.54, 1.807) is 0 Å². The van der Waals surface area contributed by atoms with Gasteiger partial charge in [0.05, 0.1) is 0 Å². The van der Waals surface area contributed by atoms with Crippen LogP contribution in [0.2, 0.25) is 0 Å². The van der Waals surface area contributed by atoms with Crippen molar-refractivity contribution in [2.75, 3.05) is 46.0 Å². The van der Waals surface area contributed by atoms with Gasteiger partial charge in [-0.3, -0.25) is 4.99 Å². The lowest BCUT2D eigenvalue weighted by Gasteiger charge is -2.24. The molecule has 0 aromatic carbocycles. The van der Waals surface area contributed by atoms with Gasteiger partial charge in [-0.1, -0.05) is 13.8 Å². The van der Waals surface area contributed by atoms with Crippen molar-refractivity contribution >= 4 is 17.7 Å². The molecule has 0 aliphatic rings. The second-order valence-electron chi connectivity index (χ2n) is 5.25. The van der Waals surface area contributed by atoms with Crippen molar-refractivity contribution < 1.29 is 0 Å². The lowest BCUT2D eigenvalue weighted by atomic mass is 10.2. The summed E-state index contributed by atoms with van der Waals surface area (Å²) >= 11 is 1.87. The van der Waals surface area contributed by atoms with E-state index in [-0.39, 0.29) is 4.75 Å². The highest BCUT2D eigenvalue weighted by molar-refractivity contribution is 7.99. The lowest BCUT2D eigenvalue weighted by molar-refractivity contribution is 0.293. The quantitative estimate of drug-likeness (QED) is 0.503. The number of guanidine groups is 1. The molecule has 0 radical (unpaired) electrons. The average molecular weight is 289 g/mol. The number of nitrogens with one attached hydrogen (secondary N) is 2. The Bertz CT molecular complexity index is 254. The van der Waals surface area contributed by atoms with Crippen LogP contribution >= 0.6 is 11.8 Å². The molecule has 0 aromatic heterocycles. The minimum absolute atomic E-state index is 0.231. The molecule has 0 spiro atoms. The summed E-state index contributed by atoms with van der Waals surface area (Å²) in [5.41, 5.74) is 0. The van der Waals surface area contributed by atoms with Crippen molar-refractivity contribution in [3.05, 3.63) is 0 Å². The van der Waals surface area contributed by atoms with Gasteiger partial charge in [0.25, 0.3) is 0 Å². The molecule has 0 rings (SSSR count). The van der Waals surface area contributed by atoms with Crippen LogP contribution in [0.25, 0.3) is 0 Å². The van der Waals surface area contributed by atoms with Gasteiger partial charge in [-0.05, 0) is 39.6 Å². The minimum atomic E-state index is 0.231. The Morgan fingerprint density at radius 1 is 1.21 bits per heavy atom. The van der Waals surface area contributed by atoms with Crippen LogP contribution in [0.5, 0.6) is 0 Å². The molecule has 0 atom stereocenters. The molecule has 5 heteroatoms.